The highest BCUT2D eigenvalue weighted by Crippen LogP contribution is 2.31. The van der Waals surface area contributed by atoms with Crippen molar-refractivity contribution in [3.8, 4) is 11.5 Å². The van der Waals surface area contributed by atoms with Gasteiger partial charge in [-0.05, 0) is 23.8 Å². The molecule has 1 unspecified atom stereocenters. The third kappa shape index (κ3) is 4.88. The molecular weight excluding hydrogens is 438 g/mol. The number of amides is 1. The molecule has 0 saturated heterocycles. The monoisotopic (exact) mass is 457 g/mol. The van der Waals surface area contributed by atoms with E-state index in [-0.39, 0.29) is 33.7 Å². The zero-order valence-corrected chi connectivity index (χ0v) is 17.7. The molecule has 2 aromatic carbocycles. The average Bonchev–Trinajstić information content (AvgIpc) is 2.82. The number of nitrogens with one attached hydrogen (secondary N) is 2. The highest BCUT2D eigenvalue weighted by atomic mass is 16.6. The van der Waals surface area contributed by atoms with Crippen molar-refractivity contribution >= 4 is 28.5 Å². The van der Waals surface area contributed by atoms with Gasteiger partial charge in [0.05, 0.1) is 37.3 Å². The van der Waals surface area contributed by atoms with Gasteiger partial charge in [-0.2, -0.15) is 5.10 Å². The van der Waals surface area contributed by atoms with Gasteiger partial charge in [-0.3, -0.25) is 14.9 Å². The molecule has 0 radical (unpaired) electrons. The van der Waals surface area contributed by atoms with Crippen molar-refractivity contribution in [2.75, 3.05) is 21.3 Å². The lowest BCUT2D eigenvalue weighted by atomic mass is 10.0. The highest BCUT2D eigenvalue weighted by molar-refractivity contribution is 6.03. The molecule has 172 valence electrons. The zero-order valence-electron chi connectivity index (χ0n) is 17.7. The Morgan fingerprint density at radius 1 is 1.18 bits per heavy atom. The topological polar surface area (TPSA) is 178 Å². The highest BCUT2D eigenvalue weighted by Gasteiger charge is 2.24. The number of carbonyl (C=O) groups is 1. The number of hydrazone groups is 1. The third-order valence-corrected chi connectivity index (χ3v) is 4.56. The summed E-state index contributed by atoms with van der Waals surface area (Å²) in [6.45, 7) is 0. The molecule has 13 heteroatoms. The third-order valence-electron chi connectivity index (χ3n) is 4.56. The molecule has 1 atom stereocenters. The molecular formula is C20H19N5O8. The van der Waals surface area contributed by atoms with Crippen molar-refractivity contribution in [1.29, 1.82) is 0 Å². The number of hydrogen-bond donors (Lipinski definition) is 3. The average molecular weight is 457 g/mol. The number of nitro groups is 1. The number of rotatable bonds is 7. The summed E-state index contributed by atoms with van der Waals surface area (Å²) in [7, 11) is 3.98. The van der Waals surface area contributed by atoms with Gasteiger partial charge in [0.1, 0.15) is 11.8 Å². The van der Waals surface area contributed by atoms with Crippen LogP contribution in [0.4, 0.5) is 10.5 Å². The number of aliphatic hydroxyl groups is 1. The smallest absolute Gasteiger partial charge is 0.427 e. The molecule has 3 N–H and O–H groups in total. The largest absolute Gasteiger partial charge is 0.493 e. The van der Waals surface area contributed by atoms with Gasteiger partial charge in [-0.25, -0.2) is 15.2 Å². The van der Waals surface area contributed by atoms with E-state index in [9.17, 15) is 24.8 Å². The van der Waals surface area contributed by atoms with Crippen LogP contribution in [-0.2, 0) is 4.74 Å². The summed E-state index contributed by atoms with van der Waals surface area (Å²) >= 11 is 0. The summed E-state index contributed by atoms with van der Waals surface area (Å²) in [6.07, 6.45) is -2.48. The number of H-pyrrole nitrogens is 1. The predicted octanol–water partition coefficient (Wildman–Crippen LogP) is 1.64. The molecule has 3 aromatic rings. The van der Waals surface area contributed by atoms with Crippen LogP contribution in [0.25, 0.3) is 11.0 Å². The van der Waals surface area contributed by atoms with E-state index in [0.29, 0.717) is 11.5 Å². The molecule has 3 rings (SSSR count). The molecule has 13 nitrogen and oxygen atoms in total. The van der Waals surface area contributed by atoms with E-state index in [1.54, 1.807) is 6.07 Å². The number of aliphatic hydroxyl groups excluding tert-OH is 1. The minimum Gasteiger partial charge on any atom is -0.493 e. The van der Waals surface area contributed by atoms with E-state index in [1.807, 2.05) is 0 Å². The Morgan fingerprint density at radius 2 is 1.91 bits per heavy atom. The van der Waals surface area contributed by atoms with E-state index in [2.05, 4.69) is 25.2 Å². The first-order valence-electron chi connectivity index (χ1n) is 9.29. The lowest BCUT2D eigenvalue weighted by molar-refractivity contribution is -0.384. The lowest BCUT2D eigenvalue weighted by Crippen LogP contribution is -2.29. The van der Waals surface area contributed by atoms with Gasteiger partial charge in [0.2, 0.25) is 0 Å². The van der Waals surface area contributed by atoms with Crippen LogP contribution in [0.2, 0.25) is 0 Å². The summed E-state index contributed by atoms with van der Waals surface area (Å²) in [5, 5.41) is 25.8. The lowest BCUT2D eigenvalue weighted by Gasteiger charge is -2.16. The molecule has 33 heavy (non-hydrogen) atoms. The van der Waals surface area contributed by atoms with Crippen molar-refractivity contribution in [2.24, 2.45) is 5.10 Å². The first kappa shape index (κ1) is 23.1. The maximum absolute atomic E-state index is 12.8. The van der Waals surface area contributed by atoms with Crippen LogP contribution in [-0.4, -0.2) is 53.1 Å². The van der Waals surface area contributed by atoms with Gasteiger partial charge in [0.15, 0.2) is 17.2 Å². The fourth-order valence-electron chi connectivity index (χ4n) is 2.94. The fourth-order valence-corrected chi connectivity index (χ4v) is 2.94. The Hall–Kier alpha value is -4.52. The quantitative estimate of drug-likeness (QED) is 0.270. The first-order chi connectivity index (χ1) is 15.8. The Morgan fingerprint density at radius 3 is 2.55 bits per heavy atom. The molecule has 0 fully saturated rings. The molecule has 0 bridgehead atoms. The number of ether oxygens (including phenoxy) is 3. The maximum Gasteiger partial charge on any atom is 0.427 e. The van der Waals surface area contributed by atoms with Crippen molar-refractivity contribution in [3.05, 3.63) is 68.1 Å². The van der Waals surface area contributed by atoms with E-state index >= 15 is 0 Å². The summed E-state index contributed by atoms with van der Waals surface area (Å²) in [4.78, 5) is 41.4. The number of aromatic amines is 1. The second-order valence-electron chi connectivity index (χ2n) is 6.49. The summed E-state index contributed by atoms with van der Waals surface area (Å²) in [5.74, 6) is 0.713. The number of benzene rings is 2. The number of nitrogens with zero attached hydrogens (tertiary/aromatic N) is 3. The Kier molecular flexibility index (Phi) is 6.83. The number of non-ortho nitro benzene ring substituents is 1. The Bertz CT molecular complexity index is 1300. The van der Waals surface area contributed by atoms with Crippen LogP contribution in [0, 0.1) is 10.1 Å². The van der Waals surface area contributed by atoms with Gasteiger partial charge >= 0.3 is 6.09 Å². The van der Waals surface area contributed by atoms with E-state index in [0.717, 1.165) is 13.2 Å². The normalized spacial score (nSPS) is 12.2. The minimum absolute atomic E-state index is 0.110. The Balaban J connectivity index is 2.15. The van der Waals surface area contributed by atoms with Crippen LogP contribution in [0.3, 0.4) is 0 Å². The standard InChI is InChI=1S/C20H19N5O8/c1-31-14-7-4-10(8-15(14)32-2)18(26)16(23-24-20(28)33-3)17-19(27)22-13-9-11(25(29)30)5-6-12(13)21-17/h4-9,18,26H,1-3H3,(H,22,27)(H,24,28)/b23-16-. The fraction of sp³-hybridized carbons (Fsp3) is 0.200. The molecule has 0 aliphatic carbocycles. The number of hydrogen-bond acceptors (Lipinski definition) is 10. The molecule has 1 aromatic heterocycles. The van der Waals surface area contributed by atoms with Gasteiger partial charge in [-0.15, -0.1) is 0 Å². The van der Waals surface area contributed by atoms with Gasteiger partial charge < -0.3 is 24.3 Å². The zero-order chi connectivity index (χ0) is 24.1. The van der Waals surface area contributed by atoms with E-state index < -0.39 is 22.7 Å². The second-order valence-corrected chi connectivity index (χ2v) is 6.49. The summed E-state index contributed by atoms with van der Waals surface area (Å²) < 4.78 is 14.9. The number of nitro benzene ring substituents is 1. The van der Waals surface area contributed by atoms with Gasteiger partial charge in [0.25, 0.3) is 11.2 Å². The SMILES string of the molecule is COC(=O)N/N=C(/c1nc2ccc([N+](=O)[O-])cc2[nH]c1=O)C(O)c1ccc(OC)c(OC)c1. The second kappa shape index (κ2) is 9.74. The van der Waals surface area contributed by atoms with Crippen LogP contribution >= 0.6 is 0 Å². The van der Waals surface area contributed by atoms with Crippen LogP contribution in [0.15, 0.2) is 46.3 Å². The molecule has 0 saturated carbocycles. The number of fused-ring (bicyclic) bond motifs is 1. The van der Waals surface area contributed by atoms with Crippen LogP contribution in [0.5, 0.6) is 11.5 Å². The van der Waals surface area contributed by atoms with E-state index in [4.69, 9.17) is 9.47 Å². The van der Waals surface area contributed by atoms with Crippen LogP contribution in [0.1, 0.15) is 17.4 Å². The summed E-state index contributed by atoms with van der Waals surface area (Å²) in [5.41, 5.74) is 0.949. The first-order valence-corrected chi connectivity index (χ1v) is 9.29. The molecule has 1 amide bonds. The summed E-state index contributed by atoms with van der Waals surface area (Å²) in [6, 6.07) is 8.22. The Labute approximate surface area is 185 Å². The van der Waals surface area contributed by atoms with Crippen molar-refractivity contribution < 1.29 is 29.0 Å². The van der Waals surface area contributed by atoms with Gasteiger partial charge in [0, 0.05) is 12.1 Å². The number of carbonyl (C=O) groups excluding carboxylic acids is 1. The molecule has 1 heterocycles. The number of methoxy groups -OCH3 is 3. The molecule has 0 spiro atoms. The number of aromatic nitrogens is 2. The van der Waals surface area contributed by atoms with Crippen molar-refractivity contribution in [3.63, 3.8) is 0 Å². The van der Waals surface area contributed by atoms with E-state index in [1.165, 1.54) is 38.5 Å². The van der Waals surface area contributed by atoms with Crippen molar-refractivity contribution in [2.45, 2.75) is 6.10 Å². The molecule has 0 aliphatic heterocycles. The maximum atomic E-state index is 12.8. The van der Waals surface area contributed by atoms with Crippen molar-refractivity contribution in [1.82, 2.24) is 15.4 Å². The van der Waals surface area contributed by atoms with Gasteiger partial charge in [-0.1, -0.05) is 6.07 Å². The molecule has 0 aliphatic rings. The predicted molar refractivity (Wildman–Crippen MR) is 116 cm³/mol. The van der Waals surface area contributed by atoms with Crippen LogP contribution < -0.4 is 20.5 Å². The minimum atomic E-state index is -1.54.